The number of para-hydroxylation sites is 1. The molecular formula is C31H34N2O7. The van der Waals surface area contributed by atoms with Crippen molar-refractivity contribution < 1.29 is 33.6 Å². The lowest BCUT2D eigenvalue weighted by Crippen LogP contribution is -2.36. The standard InChI is InChI=1S/C31H34N2O7/c1-4-19-7-6-8-20(5-2)28(19)32-27(34)17-33-16-24(22-11-14-25-26(15-22)39-18-38-25)30(40-31(35)36)29(33)21-9-12-23(37-3)13-10-21/h6-15,24,29-30H,4-5,16-18H2,1-3H3,(H,32,34)(H,35,36)/t24-,29-,30+/m1/s1. The molecule has 210 valence electrons. The monoisotopic (exact) mass is 546 g/mol. The number of hydrogen-bond acceptors (Lipinski definition) is 7. The van der Waals surface area contributed by atoms with Gasteiger partial charge in [-0.1, -0.05) is 50.2 Å². The molecule has 2 heterocycles. The van der Waals surface area contributed by atoms with E-state index in [0.717, 1.165) is 40.8 Å². The first-order chi connectivity index (χ1) is 19.4. The number of likely N-dealkylation sites (tertiary alicyclic amines) is 1. The number of rotatable bonds is 9. The van der Waals surface area contributed by atoms with E-state index in [1.807, 2.05) is 65.6 Å². The Morgan fingerprint density at radius 3 is 2.30 bits per heavy atom. The summed E-state index contributed by atoms with van der Waals surface area (Å²) in [4.78, 5) is 27.5. The highest BCUT2D eigenvalue weighted by atomic mass is 16.7. The largest absolute Gasteiger partial charge is 0.506 e. The Labute approximate surface area is 233 Å². The fourth-order valence-electron chi connectivity index (χ4n) is 5.73. The molecule has 9 heteroatoms. The fraction of sp³-hybridized carbons (Fsp3) is 0.355. The molecule has 1 fully saturated rings. The van der Waals surface area contributed by atoms with E-state index in [4.69, 9.17) is 18.9 Å². The first kappa shape index (κ1) is 27.3. The molecule has 2 N–H and O–H groups in total. The Kier molecular flexibility index (Phi) is 8.11. The molecule has 0 unspecified atom stereocenters. The van der Waals surface area contributed by atoms with Crippen molar-refractivity contribution in [2.24, 2.45) is 0 Å². The molecule has 3 atom stereocenters. The molecule has 0 aromatic heterocycles. The van der Waals surface area contributed by atoms with E-state index in [-0.39, 0.29) is 25.2 Å². The van der Waals surface area contributed by atoms with Crippen LogP contribution in [0.25, 0.3) is 0 Å². The van der Waals surface area contributed by atoms with Crippen LogP contribution in [0.4, 0.5) is 10.5 Å². The van der Waals surface area contributed by atoms with Gasteiger partial charge in [-0.15, -0.1) is 0 Å². The normalized spacial score (nSPS) is 19.8. The Morgan fingerprint density at radius 2 is 1.65 bits per heavy atom. The SMILES string of the molecule is CCc1cccc(CC)c1NC(=O)CN1C[C@H](c2ccc3c(c2)OCO3)[C@H](OC(=O)O)[C@H]1c1ccc(OC)cc1. The van der Waals surface area contributed by atoms with Gasteiger partial charge in [-0.05, 0) is 59.4 Å². The third-order valence-electron chi connectivity index (χ3n) is 7.66. The van der Waals surface area contributed by atoms with Gasteiger partial charge in [0, 0.05) is 18.2 Å². The minimum Gasteiger partial charge on any atom is -0.497 e. The van der Waals surface area contributed by atoms with Crippen LogP contribution in [0.2, 0.25) is 0 Å². The summed E-state index contributed by atoms with van der Waals surface area (Å²) in [7, 11) is 1.59. The number of anilines is 1. The molecule has 1 saturated heterocycles. The molecule has 0 aliphatic carbocycles. The van der Waals surface area contributed by atoms with Gasteiger partial charge in [0.1, 0.15) is 11.9 Å². The smallest absolute Gasteiger partial charge is 0.497 e. The van der Waals surface area contributed by atoms with Crippen LogP contribution >= 0.6 is 0 Å². The van der Waals surface area contributed by atoms with Crippen LogP contribution in [-0.2, 0) is 22.4 Å². The molecule has 0 bridgehead atoms. The van der Waals surface area contributed by atoms with Gasteiger partial charge in [-0.25, -0.2) is 4.79 Å². The van der Waals surface area contributed by atoms with Crippen molar-refractivity contribution in [3.63, 3.8) is 0 Å². The van der Waals surface area contributed by atoms with E-state index in [2.05, 4.69) is 19.2 Å². The Morgan fingerprint density at radius 1 is 0.975 bits per heavy atom. The number of carbonyl (C=O) groups excluding carboxylic acids is 1. The minimum absolute atomic E-state index is 0.0540. The topological polar surface area (TPSA) is 107 Å². The number of aryl methyl sites for hydroxylation is 2. The van der Waals surface area contributed by atoms with Crippen molar-refractivity contribution in [3.05, 3.63) is 82.9 Å². The summed E-state index contributed by atoms with van der Waals surface area (Å²) in [6.45, 7) is 4.72. The first-order valence-corrected chi connectivity index (χ1v) is 13.5. The van der Waals surface area contributed by atoms with Crippen molar-refractivity contribution in [1.82, 2.24) is 4.90 Å². The van der Waals surface area contributed by atoms with Gasteiger partial charge in [0.05, 0.1) is 19.7 Å². The molecule has 40 heavy (non-hydrogen) atoms. The maximum atomic E-state index is 13.5. The van der Waals surface area contributed by atoms with Crippen LogP contribution in [0.5, 0.6) is 17.2 Å². The molecule has 2 aliphatic rings. The second-order valence-electron chi connectivity index (χ2n) is 9.92. The van der Waals surface area contributed by atoms with Crippen LogP contribution < -0.4 is 19.5 Å². The molecule has 5 rings (SSSR count). The zero-order valence-corrected chi connectivity index (χ0v) is 22.9. The average molecular weight is 547 g/mol. The number of amides is 1. The van der Waals surface area contributed by atoms with Gasteiger partial charge in [0.15, 0.2) is 11.5 Å². The van der Waals surface area contributed by atoms with E-state index in [1.54, 1.807) is 7.11 Å². The number of methoxy groups -OCH3 is 1. The summed E-state index contributed by atoms with van der Waals surface area (Å²) in [5.41, 5.74) is 4.67. The zero-order valence-electron chi connectivity index (χ0n) is 22.9. The number of carboxylic acid groups (broad SMARTS) is 1. The number of ether oxygens (including phenoxy) is 4. The molecule has 3 aromatic rings. The predicted molar refractivity (Wildman–Crippen MR) is 149 cm³/mol. The fourth-order valence-corrected chi connectivity index (χ4v) is 5.73. The van der Waals surface area contributed by atoms with Crippen LogP contribution in [-0.4, -0.2) is 55.2 Å². The molecule has 0 saturated carbocycles. The summed E-state index contributed by atoms with van der Waals surface area (Å²) < 4.78 is 21.9. The van der Waals surface area contributed by atoms with Crippen molar-refractivity contribution in [2.45, 2.75) is 44.8 Å². The summed E-state index contributed by atoms with van der Waals surface area (Å²) in [5.74, 6) is 1.40. The van der Waals surface area contributed by atoms with E-state index < -0.39 is 18.3 Å². The lowest BCUT2D eigenvalue weighted by atomic mass is 9.90. The molecule has 9 nitrogen and oxygen atoms in total. The van der Waals surface area contributed by atoms with E-state index in [0.29, 0.717) is 23.8 Å². The van der Waals surface area contributed by atoms with Crippen LogP contribution in [0.1, 0.15) is 48.1 Å². The summed E-state index contributed by atoms with van der Waals surface area (Å²) in [6.07, 6.45) is -0.553. The van der Waals surface area contributed by atoms with Gasteiger partial charge >= 0.3 is 6.16 Å². The lowest BCUT2D eigenvalue weighted by Gasteiger charge is -2.28. The molecule has 0 spiro atoms. The molecule has 0 radical (unpaired) electrons. The Hall–Kier alpha value is -4.24. The van der Waals surface area contributed by atoms with Crippen LogP contribution in [0, 0.1) is 0 Å². The van der Waals surface area contributed by atoms with Gasteiger partial charge in [-0.2, -0.15) is 0 Å². The summed E-state index contributed by atoms with van der Waals surface area (Å²) in [6, 6.07) is 18.6. The second kappa shape index (κ2) is 11.9. The number of benzene rings is 3. The summed E-state index contributed by atoms with van der Waals surface area (Å²) >= 11 is 0. The van der Waals surface area contributed by atoms with Gasteiger partial charge in [0.2, 0.25) is 12.7 Å². The van der Waals surface area contributed by atoms with Gasteiger partial charge in [0.25, 0.3) is 0 Å². The number of nitrogens with one attached hydrogen (secondary N) is 1. The van der Waals surface area contributed by atoms with Crippen molar-refractivity contribution in [3.8, 4) is 17.2 Å². The summed E-state index contributed by atoms with van der Waals surface area (Å²) in [5, 5.41) is 12.9. The Bertz CT molecular complexity index is 1350. The van der Waals surface area contributed by atoms with Crippen molar-refractivity contribution in [1.29, 1.82) is 0 Å². The maximum absolute atomic E-state index is 13.5. The van der Waals surface area contributed by atoms with Crippen LogP contribution in [0.3, 0.4) is 0 Å². The third kappa shape index (κ3) is 5.56. The van der Waals surface area contributed by atoms with E-state index in [9.17, 15) is 14.7 Å². The average Bonchev–Trinajstić information content (AvgIpc) is 3.57. The highest BCUT2D eigenvalue weighted by molar-refractivity contribution is 5.94. The number of fused-ring (bicyclic) bond motifs is 1. The predicted octanol–water partition coefficient (Wildman–Crippen LogP) is 5.39. The van der Waals surface area contributed by atoms with Crippen molar-refractivity contribution in [2.75, 3.05) is 32.3 Å². The molecule has 2 aliphatic heterocycles. The van der Waals surface area contributed by atoms with Gasteiger partial charge in [-0.3, -0.25) is 9.69 Å². The minimum atomic E-state index is -1.37. The van der Waals surface area contributed by atoms with E-state index >= 15 is 0 Å². The number of hydrogen-bond donors (Lipinski definition) is 2. The number of carbonyl (C=O) groups is 2. The zero-order chi connectivity index (χ0) is 28.2. The van der Waals surface area contributed by atoms with E-state index in [1.165, 1.54) is 0 Å². The molecule has 1 amide bonds. The number of nitrogens with zero attached hydrogens (tertiary/aromatic N) is 1. The second-order valence-corrected chi connectivity index (χ2v) is 9.92. The molecule has 3 aromatic carbocycles. The first-order valence-electron chi connectivity index (χ1n) is 13.5. The maximum Gasteiger partial charge on any atom is 0.506 e. The van der Waals surface area contributed by atoms with Crippen LogP contribution in [0.15, 0.2) is 60.7 Å². The molecular weight excluding hydrogens is 512 g/mol. The highest BCUT2D eigenvalue weighted by Gasteiger charge is 2.46. The Balaban J connectivity index is 1.49. The third-order valence-corrected chi connectivity index (χ3v) is 7.66. The lowest BCUT2D eigenvalue weighted by molar-refractivity contribution is -0.117. The van der Waals surface area contributed by atoms with Gasteiger partial charge < -0.3 is 29.4 Å². The quantitative estimate of drug-likeness (QED) is 0.344. The van der Waals surface area contributed by atoms with Crippen molar-refractivity contribution >= 4 is 17.7 Å². The highest BCUT2D eigenvalue weighted by Crippen LogP contribution is 2.45.